The van der Waals surface area contributed by atoms with Crippen molar-refractivity contribution in [1.82, 2.24) is 0 Å². The molecule has 166 valence electrons. The lowest BCUT2D eigenvalue weighted by Crippen LogP contribution is -2.11. The normalized spacial score (nSPS) is 11.6. The lowest BCUT2D eigenvalue weighted by Gasteiger charge is -2.29. The van der Waals surface area contributed by atoms with Gasteiger partial charge < -0.3 is 4.90 Å². The molecule has 35 heavy (non-hydrogen) atoms. The summed E-state index contributed by atoms with van der Waals surface area (Å²) in [4.78, 5) is 2.43. The predicted molar refractivity (Wildman–Crippen MR) is 154 cm³/mol. The number of hydrogen-bond acceptors (Lipinski definition) is 2. The molecule has 0 aliphatic heterocycles. The molecule has 0 aliphatic rings. The third kappa shape index (κ3) is 3.22. The fourth-order valence-corrected chi connectivity index (χ4v) is 6.60. The van der Waals surface area contributed by atoms with E-state index in [-0.39, 0.29) is 0 Å². The van der Waals surface area contributed by atoms with Crippen LogP contribution in [0, 0.1) is 0 Å². The number of nitrogens with zero attached hydrogens (tertiary/aromatic N) is 1. The Morgan fingerprint density at radius 2 is 1.00 bits per heavy atom. The van der Waals surface area contributed by atoms with Crippen molar-refractivity contribution in [2.75, 3.05) is 4.90 Å². The molecule has 0 saturated heterocycles. The Labute approximate surface area is 212 Å². The second-order valence-corrected chi connectivity index (χ2v) is 10.2. The molecule has 0 radical (unpaired) electrons. The summed E-state index contributed by atoms with van der Waals surface area (Å²) in [6.45, 7) is 0. The Bertz CT molecular complexity index is 1790. The number of hydrogen-bond donors (Lipinski definition) is 0. The summed E-state index contributed by atoms with van der Waals surface area (Å²) in [6, 6.07) is 43.2. The number of fused-ring (bicyclic) bond motifs is 5. The summed E-state index contributed by atoms with van der Waals surface area (Å²) in [6.07, 6.45) is 0. The van der Waals surface area contributed by atoms with Crippen molar-refractivity contribution in [3.05, 3.63) is 126 Å². The second kappa shape index (κ2) is 8.13. The smallest absolute Gasteiger partial charge is 0.0584 e. The molecule has 0 saturated carbocycles. The van der Waals surface area contributed by atoms with Gasteiger partial charge in [0.2, 0.25) is 0 Å². The number of thiophene rings is 1. The minimum Gasteiger partial charge on any atom is -0.309 e. The van der Waals surface area contributed by atoms with Gasteiger partial charge in [0.15, 0.2) is 0 Å². The van der Waals surface area contributed by atoms with Gasteiger partial charge in [-0.05, 0) is 41.1 Å². The van der Waals surface area contributed by atoms with E-state index in [0.29, 0.717) is 0 Å². The quantitative estimate of drug-likeness (QED) is 0.240. The first-order valence-electron chi connectivity index (χ1n) is 11.6. The molecule has 0 bridgehead atoms. The van der Waals surface area contributed by atoms with Crippen molar-refractivity contribution >= 4 is 81.7 Å². The summed E-state index contributed by atoms with van der Waals surface area (Å²) in [5, 5.41) is 8.11. The molecule has 0 unspecified atom stereocenters. The Balaban J connectivity index is 1.65. The highest BCUT2D eigenvalue weighted by molar-refractivity contribution is 7.26. The molecule has 6 aromatic carbocycles. The van der Waals surface area contributed by atoms with E-state index in [0.717, 1.165) is 26.8 Å². The average molecular weight is 486 g/mol. The van der Waals surface area contributed by atoms with E-state index in [2.05, 4.69) is 114 Å². The van der Waals surface area contributed by atoms with E-state index in [1.165, 1.54) is 37.0 Å². The maximum Gasteiger partial charge on any atom is 0.0584 e. The van der Waals surface area contributed by atoms with Crippen LogP contribution in [0.15, 0.2) is 121 Å². The SMILES string of the molecule is Clc1cccc2c1sc1cccc(N(c3cccc4ccccc34)c3cccc4ccccc34)c12. The molecule has 0 atom stereocenters. The molecular formula is C32H20ClNS. The molecule has 0 spiro atoms. The predicted octanol–water partition coefficient (Wildman–Crippen LogP) is 10.5. The first-order chi connectivity index (χ1) is 17.3. The summed E-state index contributed by atoms with van der Waals surface area (Å²) >= 11 is 8.41. The van der Waals surface area contributed by atoms with E-state index in [1.54, 1.807) is 11.3 Å². The first kappa shape index (κ1) is 20.5. The summed E-state index contributed by atoms with van der Waals surface area (Å²) < 4.78 is 2.36. The van der Waals surface area contributed by atoms with Crippen LogP contribution in [0.1, 0.15) is 0 Å². The first-order valence-corrected chi connectivity index (χ1v) is 12.8. The van der Waals surface area contributed by atoms with Gasteiger partial charge in [0.25, 0.3) is 0 Å². The number of rotatable bonds is 3. The molecule has 0 amide bonds. The van der Waals surface area contributed by atoms with E-state index in [4.69, 9.17) is 11.6 Å². The Hall–Kier alpha value is -3.85. The van der Waals surface area contributed by atoms with Gasteiger partial charge in [0, 0.05) is 26.2 Å². The van der Waals surface area contributed by atoms with Gasteiger partial charge >= 0.3 is 0 Å². The summed E-state index contributed by atoms with van der Waals surface area (Å²) in [5.74, 6) is 0. The average Bonchev–Trinajstić information content (AvgIpc) is 3.30. The zero-order chi connectivity index (χ0) is 23.4. The highest BCUT2D eigenvalue weighted by atomic mass is 35.5. The molecule has 7 rings (SSSR count). The standard InChI is InChI=1S/C32H20ClNS/c33-26-16-7-15-25-31-29(19-8-20-30(31)35-32(25)26)34(27-17-5-11-21-9-1-3-13-23(21)27)28-18-6-12-22-10-2-4-14-24(22)28/h1-20H. The number of benzene rings is 6. The lowest BCUT2D eigenvalue weighted by molar-refractivity contribution is 1.33. The van der Waals surface area contributed by atoms with Gasteiger partial charge in [-0.1, -0.05) is 103 Å². The second-order valence-electron chi connectivity index (χ2n) is 8.70. The van der Waals surface area contributed by atoms with Crippen LogP contribution in [0.25, 0.3) is 41.7 Å². The van der Waals surface area contributed by atoms with Crippen LogP contribution < -0.4 is 4.90 Å². The third-order valence-electron chi connectivity index (χ3n) is 6.71. The van der Waals surface area contributed by atoms with Crippen LogP contribution in [0.3, 0.4) is 0 Å². The topological polar surface area (TPSA) is 3.24 Å². The van der Waals surface area contributed by atoms with E-state index < -0.39 is 0 Å². The summed E-state index contributed by atoms with van der Waals surface area (Å²) in [5.41, 5.74) is 3.48. The largest absolute Gasteiger partial charge is 0.309 e. The molecular weight excluding hydrogens is 466 g/mol. The molecule has 1 heterocycles. The number of halogens is 1. The van der Waals surface area contributed by atoms with Crippen LogP contribution in [-0.2, 0) is 0 Å². The molecule has 3 heteroatoms. The van der Waals surface area contributed by atoms with Crippen LogP contribution in [0.5, 0.6) is 0 Å². The molecule has 0 aliphatic carbocycles. The Kier molecular flexibility index (Phi) is 4.76. The maximum atomic E-state index is 6.65. The Morgan fingerprint density at radius 1 is 0.486 bits per heavy atom. The molecule has 7 aromatic rings. The van der Waals surface area contributed by atoms with Crippen molar-refractivity contribution in [1.29, 1.82) is 0 Å². The minimum absolute atomic E-state index is 0.802. The molecule has 1 aromatic heterocycles. The minimum atomic E-state index is 0.802. The van der Waals surface area contributed by atoms with Crippen molar-refractivity contribution in [3.63, 3.8) is 0 Å². The van der Waals surface area contributed by atoms with E-state index >= 15 is 0 Å². The van der Waals surface area contributed by atoms with Crippen LogP contribution >= 0.6 is 22.9 Å². The lowest BCUT2D eigenvalue weighted by atomic mass is 10.0. The van der Waals surface area contributed by atoms with Gasteiger partial charge in [-0.15, -0.1) is 11.3 Å². The molecule has 0 fully saturated rings. The third-order valence-corrected chi connectivity index (χ3v) is 8.34. The van der Waals surface area contributed by atoms with Crippen LogP contribution in [-0.4, -0.2) is 0 Å². The monoisotopic (exact) mass is 485 g/mol. The molecule has 0 N–H and O–H groups in total. The maximum absolute atomic E-state index is 6.65. The van der Waals surface area contributed by atoms with Crippen molar-refractivity contribution in [2.45, 2.75) is 0 Å². The summed E-state index contributed by atoms with van der Waals surface area (Å²) in [7, 11) is 0. The van der Waals surface area contributed by atoms with E-state index in [1.807, 2.05) is 12.1 Å². The van der Waals surface area contributed by atoms with Gasteiger partial charge in [-0.25, -0.2) is 0 Å². The zero-order valence-corrected chi connectivity index (χ0v) is 20.4. The van der Waals surface area contributed by atoms with Crippen molar-refractivity contribution < 1.29 is 0 Å². The van der Waals surface area contributed by atoms with E-state index in [9.17, 15) is 0 Å². The van der Waals surface area contributed by atoms with Gasteiger partial charge in [0.05, 0.1) is 26.8 Å². The fraction of sp³-hybridized carbons (Fsp3) is 0. The fourth-order valence-electron chi connectivity index (χ4n) is 5.18. The van der Waals surface area contributed by atoms with Gasteiger partial charge in [0.1, 0.15) is 0 Å². The van der Waals surface area contributed by atoms with Gasteiger partial charge in [-0.3, -0.25) is 0 Å². The zero-order valence-electron chi connectivity index (χ0n) is 18.8. The molecule has 1 nitrogen and oxygen atoms in total. The van der Waals surface area contributed by atoms with Crippen molar-refractivity contribution in [2.24, 2.45) is 0 Å². The highest BCUT2D eigenvalue weighted by Gasteiger charge is 2.21. The van der Waals surface area contributed by atoms with Gasteiger partial charge in [-0.2, -0.15) is 0 Å². The highest BCUT2D eigenvalue weighted by Crippen LogP contribution is 2.48. The Morgan fingerprint density at radius 3 is 1.69 bits per heavy atom. The van der Waals surface area contributed by atoms with Crippen LogP contribution in [0.2, 0.25) is 5.02 Å². The van der Waals surface area contributed by atoms with Crippen molar-refractivity contribution in [3.8, 4) is 0 Å². The number of anilines is 3. The van der Waals surface area contributed by atoms with Crippen LogP contribution in [0.4, 0.5) is 17.1 Å².